The van der Waals surface area contributed by atoms with Crippen LogP contribution in [0.15, 0.2) is 67.4 Å². The molecule has 0 atom stereocenters. The topological polar surface area (TPSA) is 94.0 Å². The van der Waals surface area contributed by atoms with E-state index in [0.717, 1.165) is 10.0 Å². The second-order valence-corrected chi connectivity index (χ2v) is 8.10. The van der Waals surface area contributed by atoms with Gasteiger partial charge in [-0.1, -0.05) is 45.9 Å². The molecule has 1 N–H and O–H groups in total. The van der Waals surface area contributed by atoms with Crippen molar-refractivity contribution in [1.29, 1.82) is 0 Å². The van der Waals surface area contributed by atoms with Crippen LogP contribution in [-0.2, 0) is 12.3 Å². The monoisotopic (exact) mass is 472 g/mol. The molecular formula is C20H17BrN4O3S. The fourth-order valence-electron chi connectivity index (χ4n) is 2.86. The summed E-state index contributed by atoms with van der Waals surface area (Å²) in [6.07, 6.45) is 0.473. The minimum atomic E-state index is -0.119. The Morgan fingerprint density at radius 3 is 2.83 bits per heavy atom. The first kappa shape index (κ1) is 19.8. The summed E-state index contributed by atoms with van der Waals surface area (Å²) in [5, 5.41) is 18.5. The van der Waals surface area contributed by atoms with Gasteiger partial charge < -0.3 is 9.52 Å². The van der Waals surface area contributed by atoms with Crippen LogP contribution in [0, 0.1) is 0 Å². The number of thioether (sulfide) groups is 1. The van der Waals surface area contributed by atoms with Gasteiger partial charge >= 0.3 is 0 Å². The van der Waals surface area contributed by atoms with Crippen LogP contribution in [-0.4, -0.2) is 31.5 Å². The van der Waals surface area contributed by atoms with Gasteiger partial charge in [0.2, 0.25) is 11.8 Å². The smallest absolute Gasteiger partial charge is 0.262 e. The standard InChI is InChI=1S/C20H17BrN4O3S/c21-14-6-3-5-13(11-14)18-24-23-17(28-18)12-29-20-22-16-8-2-1-7-15(16)19(27)25(20)9-4-10-26/h1-3,5-8,11,26H,4,9-10,12H2. The Morgan fingerprint density at radius 1 is 1.14 bits per heavy atom. The van der Waals surface area contributed by atoms with Gasteiger partial charge in [0.25, 0.3) is 5.56 Å². The van der Waals surface area contributed by atoms with Crippen molar-refractivity contribution in [2.75, 3.05) is 6.61 Å². The lowest BCUT2D eigenvalue weighted by Gasteiger charge is -2.11. The molecule has 0 spiro atoms. The maximum Gasteiger partial charge on any atom is 0.262 e. The fraction of sp³-hybridized carbons (Fsp3) is 0.200. The number of nitrogens with zero attached hydrogens (tertiary/aromatic N) is 4. The van der Waals surface area contributed by atoms with Gasteiger partial charge in [-0.25, -0.2) is 4.98 Å². The van der Waals surface area contributed by atoms with E-state index >= 15 is 0 Å². The molecule has 9 heteroatoms. The SMILES string of the molecule is O=c1c2ccccc2nc(SCc2nnc(-c3cccc(Br)c3)o2)n1CCCO. The first-order valence-electron chi connectivity index (χ1n) is 8.97. The summed E-state index contributed by atoms with van der Waals surface area (Å²) in [6.45, 7) is 0.394. The minimum Gasteiger partial charge on any atom is -0.420 e. The third-order valence-electron chi connectivity index (χ3n) is 4.23. The van der Waals surface area contributed by atoms with Gasteiger partial charge in [0.1, 0.15) is 0 Å². The quantitative estimate of drug-likeness (QED) is 0.322. The average molecular weight is 473 g/mol. The molecule has 0 aliphatic rings. The van der Waals surface area contributed by atoms with Crippen LogP contribution in [0.3, 0.4) is 0 Å². The highest BCUT2D eigenvalue weighted by Crippen LogP contribution is 2.25. The van der Waals surface area contributed by atoms with Gasteiger partial charge in [0.15, 0.2) is 5.16 Å². The number of aliphatic hydroxyl groups is 1. The highest BCUT2D eigenvalue weighted by atomic mass is 79.9. The molecule has 0 saturated carbocycles. The Kier molecular flexibility index (Phi) is 6.08. The maximum atomic E-state index is 12.9. The van der Waals surface area contributed by atoms with Crippen molar-refractivity contribution in [2.24, 2.45) is 0 Å². The second kappa shape index (κ2) is 8.89. The van der Waals surface area contributed by atoms with Crippen molar-refractivity contribution < 1.29 is 9.52 Å². The molecule has 2 aromatic carbocycles. The molecule has 2 aromatic heterocycles. The number of para-hydroxylation sites is 1. The summed E-state index contributed by atoms with van der Waals surface area (Å²) in [5.41, 5.74) is 1.35. The zero-order chi connectivity index (χ0) is 20.2. The van der Waals surface area contributed by atoms with E-state index in [-0.39, 0.29) is 12.2 Å². The molecule has 7 nitrogen and oxygen atoms in total. The highest BCUT2D eigenvalue weighted by Gasteiger charge is 2.14. The number of fused-ring (bicyclic) bond motifs is 1. The van der Waals surface area contributed by atoms with E-state index in [2.05, 4.69) is 31.1 Å². The molecule has 2 heterocycles. The average Bonchev–Trinajstić information content (AvgIpc) is 3.21. The van der Waals surface area contributed by atoms with Crippen LogP contribution < -0.4 is 5.56 Å². The van der Waals surface area contributed by atoms with Gasteiger partial charge in [-0.3, -0.25) is 9.36 Å². The maximum absolute atomic E-state index is 12.9. The van der Waals surface area contributed by atoms with E-state index in [1.54, 1.807) is 10.6 Å². The molecule has 0 saturated heterocycles. The first-order chi connectivity index (χ1) is 14.2. The molecule has 0 aliphatic heterocycles. The van der Waals surface area contributed by atoms with E-state index < -0.39 is 0 Å². The molecule has 0 aliphatic carbocycles. The van der Waals surface area contributed by atoms with Crippen LogP contribution in [0.1, 0.15) is 12.3 Å². The Balaban J connectivity index is 1.60. The number of benzene rings is 2. The van der Waals surface area contributed by atoms with Crippen LogP contribution in [0.25, 0.3) is 22.4 Å². The molecule has 0 amide bonds. The van der Waals surface area contributed by atoms with E-state index in [1.807, 2.05) is 42.5 Å². The normalized spacial score (nSPS) is 11.2. The van der Waals surface area contributed by atoms with E-state index in [9.17, 15) is 9.90 Å². The van der Waals surface area contributed by atoms with Crippen molar-refractivity contribution >= 4 is 38.6 Å². The third kappa shape index (κ3) is 4.42. The first-order valence-corrected chi connectivity index (χ1v) is 10.7. The van der Waals surface area contributed by atoms with Crippen molar-refractivity contribution in [3.63, 3.8) is 0 Å². The number of aliphatic hydroxyl groups excluding tert-OH is 1. The third-order valence-corrected chi connectivity index (χ3v) is 5.68. The molecule has 29 heavy (non-hydrogen) atoms. The van der Waals surface area contributed by atoms with Crippen molar-refractivity contribution in [2.45, 2.75) is 23.9 Å². The van der Waals surface area contributed by atoms with Crippen molar-refractivity contribution in [3.05, 3.63) is 69.2 Å². The zero-order valence-electron chi connectivity index (χ0n) is 15.3. The van der Waals surface area contributed by atoms with E-state index in [1.165, 1.54) is 11.8 Å². The number of hydrogen-bond donors (Lipinski definition) is 1. The molecular weight excluding hydrogens is 456 g/mol. The number of aromatic nitrogens is 4. The van der Waals surface area contributed by atoms with Crippen molar-refractivity contribution in [1.82, 2.24) is 19.7 Å². The van der Waals surface area contributed by atoms with E-state index in [0.29, 0.717) is 46.6 Å². The fourth-order valence-corrected chi connectivity index (χ4v) is 4.12. The predicted octanol–water partition coefficient (Wildman–Crippen LogP) is 3.88. The lowest BCUT2D eigenvalue weighted by Crippen LogP contribution is -2.24. The summed E-state index contributed by atoms with van der Waals surface area (Å²) < 4.78 is 8.29. The van der Waals surface area contributed by atoms with Gasteiger partial charge in [0, 0.05) is 23.2 Å². The molecule has 0 fully saturated rings. The molecule has 0 unspecified atom stereocenters. The molecule has 0 radical (unpaired) electrons. The van der Waals surface area contributed by atoms with Gasteiger partial charge in [-0.05, 0) is 36.8 Å². The predicted molar refractivity (Wildman–Crippen MR) is 115 cm³/mol. The number of halogens is 1. The van der Waals surface area contributed by atoms with Gasteiger partial charge in [0.05, 0.1) is 16.7 Å². The number of rotatable bonds is 7. The summed E-state index contributed by atoms with van der Waals surface area (Å²) in [5.74, 6) is 1.26. The lowest BCUT2D eigenvalue weighted by atomic mass is 10.2. The van der Waals surface area contributed by atoms with Crippen molar-refractivity contribution in [3.8, 4) is 11.5 Å². The lowest BCUT2D eigenvalue weighted by molar-refractivity contribution is 0.276. The van der Waals surface area contributed by atoms with Crippen LogP contribution in [0.4, 0.5) is 0 Å². The van der Waals surface area contributed by atoms with E-state index in [4.69, 9.17) is 4.42 Å². The number of hydrogen-bond acceptors (Lipinski definition) is 7. The zero-order valence-corrected chi connectivity index (χ0v) is 17.7. The Bertz CT molecular complexity index is 1210. The molecule has 148 valence electrons. The van der Waals surface area contributed by atoms with Crippen LogP contribution in [0.5, 0.6) is 0 Å². The van der Waals surface area contributed by atoms with Gasteiger partial charge in [-0.15, -0.1) is 10.2 Å². The summed E-state index contributed by atoms with van der Waals surface area (Å²) in [7, 11) is 0. The van der Waals surface area contributed by atoms with Crippen LogP contribution in [0.2, 0.25) is 0 Å². The summed E-state index contributed by atoms with van der Waals surface area (Å²) in [6, 6.07) is 14.9. The van der Waals surface area contributed by atoms with Crippen LogP contribution >= 0.6 is 27.7 Å². The molecule has 4 aromatic rings. The summed E-state index contributed by atoms with van der Waals surface area (Å²) in [4.78, 5) is 17.5. The second-order valence-electron chi connectivity index (χ2n) is 6.25. The largest absolute Gasteiger partial charge is 0.420 e. The summed E-state index contributed by atoms with van der Waals surface area (Å²) >= 11 is 4.79. The van der Waals surface area contributed by atoms with Gasteiger partial charge in [-0.2, -0.15) is 0 Å². The molecule has 0 bridgehead atoms. The molecule has 4 rings (SSSR count). The minimum absolute atomic E-state index is 0.00300. The Labute approximate surface area is 178 Å². The highest BCUT2D eigenvalue weighted by molar-refractivity contribution is 9.10. The Hall–Kier alpha value is -2.49. The Morgan fingerprint density at radius 2 is 2.00 bits per heavy atom.